The van der Waals surface area contributed by atoms with Crippen molar-refractivity contribution in [2.24, 2.45) is 0 Å². The van der Waals surface area contributed by atoms with E-state index in [2.05, 4.69) is 5.32 Å². The van der Waals surface area contributed by atoms with E-state index < -0.39 is 5.54 Å². The van der Waals surface area contributed by atoms with Crippen LogP contribution in [0.1, 0.15) is 12.8 Å². The summed E-state index contributed by atoms with van der Waals surface area (Å²) in [6.07, 6.45) is 1.04. The highest BCUT2D eigenvalue weighted by Crippen LogP contribution is 2.32. The van der Waals surface area contributed by atoms with Crippen molar-refractivity contribution in [1.82, 2.24) is 5.32 Å². The third-order valence-electron chi connectivity index (χ3n) is 3.84. The van der Waals surface area contributed by atoms with Gasteiger partial charge in [0.05, 0.1) is 12.8 Å². The summed E-state index contributed by atoms with van der Waals surface area (Å²) >= 11 is 0. The molecule has 0 radical (unpaired) electrons. The molecule has 2 fully saturated rings. The summed E-state index contributed by atoms with van der Waals surface area (Å²) in [4.78, 5) is 25.9. The topological polar surface area (TPSA) is 67.9 Å². The molecule has 2 aliphatic rings. The van der Waals surface area contributed by atoms with Crippen molar-refractivity contribution in [3.05, 3.63) is 24.3 Å². The van der Waals surface area contributed by atoms with Gasteiger partial charge in [0.25, 0.3) is 5.91 Å². The van der Waals surface area contributed by atoms with Gasteiger partial charge in [-0.2, -0.15) is 0 Å². The van der Waals surface area contributed by atoms with Crippen LogP contribution in [0.2, 0.25) is 0 Å². The van der Waals surface area contributed by atoms with Gasteiger partial charge in [-0.3, -0.25) is 4.79 Å². The van der Waals surface area contributed by atoms with Crippen LogP contribution in [-0.4, -0.2) is 37.8 Å². The smallest absolute Gasteiger partial charge is 0.329 e. The molecule has 3 rings (SSSR count). The average Bonchev–Trinajstić information content (AvgIpc) is 2.71. The molecule has 0 unspecified atom stereocenters. The van der Waals surface area contributed by atoms with Crippen LogP contribution in [0.4, 0.5) is 10.5 Å². The number of nitrogens with one attached hydrogen (secondary N) is 1. The highest BCUT2D eigenvalue weighted by molar-refractivity contribution is 6.23. The number of hydrogen-bond donors (Lipinski definition) is 1. The molecule has 1 N–H and O–H groups in total. The summed E-state index contributed by atoms with van der Waals surface area (Å²) in [5.41, 5.74) is -0.244. The van der Waals surface area contributed by atoms with Crippen LogP contribution in [0.25, 0.3) is 0 Å². The minimum atomic E-state index is -0.796. The predicted molar refractivity (Wildman–Crippen MR) is 71.8 cm³/mol. The van der Waals surface area contributed by atoms with Gasteiger partial charge in [0.15, 0.2) is 0 Å². The molecule has 6 heteroatoms. The molecule has 0 aliphatic carbocycles. The zero-order valence-electron chi connectivity index (χ0n) is 11.2. The minimum absolute atomic E-state index is 0.198. The molecule has 0 saturated carbocycles. The largest absolute Gasteiger partial charge is 0.497 e. The molecule has 2 saturated heterocycles. The van der Waals surface area contributed by atoms with E-state index in [9.17, 15) is 9.59 Å². The first-order valence-corrected chi connectivity index (χ1v) is 6.55. The van der Waals surface area contributed by atoms with Crippen molar-refractivity contribution < 1.29 is 19.1 Å². The fourth-order valence-corrected chi connectivity index (χ4v) is 2.64. The first-order chi connectivity index (χ1) is 9.66. The third-order valence-corrected chi connectivity index (χ3v) is 3.84. The average molecular weight is 276 g/mol. The van der Waals surface area contributed by atoms with Crippen molar-refractivity contribution in [2.75, 3.05) is 25.2 Å². The van der Waals surface area contributed by atoms with Gasteiger partial charge in [-0.25, -0.2) is 9.69 Å². The summed E-state index contributed by atoms with van der Waals surface area (Å²) in [6, 6.07) is 6.49. The van der Waals surface area contributed by atoms with E-state index >= 15 is 0 Å². The van der Waals surface area contributed by atoms with Gasteiger partial charge in [0, 0.05) is 26.1 Å². The molecule has 0 aromatic heterocycles. The summed E-state index contributed by atoms with van der Waals surface area (Å²) in [5, 5.41) is 2.82. The van der Waals surface area contributed by atoms with Gasteiger partial charge in [-0.1, -0.05) is 0 Å². The molecule has 20 heavy (non-hydrogen) atoms. The molecule has 0 bridgehead atoms. The molecule has 106 valence electrons. The van der Waals surface area contributed by atoms with Crippen molar-refractivity contribution in [2.45, 2.75) is 18.4 Å². The number of urea groups is 1. The lowest BCUT2D eigenvalue weighted by Gasteiger charge is -2.30. The molecular formula is C14H16N2O4. The van der Waals surface area contributed by atoms with E-state index in [1.54, 1.807) is 31.4 Å². The van der Waals surface area contributed by atoms with Crippen LogP contribution in [0, 0.1) is 0 Å². The van der Waals surface area contributed by atoms with Crippen molar-refractivity contribution >= 4 is 17.6 Å². The Balaban J connectivity index is 1.89. The standard InChI is InChI=1S/C14H16N2O4/c1-19-11-4-2-10(3-5-11)16-12(17)14(15-13(16)18)6-8-20-9-7-14/h2-5H,6-9H2,1H3,(H,15,18). The van der Waals surface area contributed by atoms with Crippen LogP contribution in [0.3, 0.4) is 0 Å². The second kappa shape index (κ2) is 4.79. The van der Waals surface area contributed by atoms with Gasteiger partial charge in [0.2, 0.25) is 0 Å². The Hall–Kier alpha value is -2.08. The zero-order chi connectivity index (χ0) is 14.2. The zero-order valence-corrected chi connectivity index (χ0v) is 11.2. The number of ether oxygens (including phenoxy) is 2. The molecule has 0 atom stereocenters. The molecule has 1 aromatic carbocycles. The van der Waals surface area contributed by atoms with Crippen molar-refractivity contribution in [1.29, 1.82) is 0 Å². The number of rotatable bonds is 2. The van der Waals surface area contributed by atoms with E-state index in [4.69, 9.17) is 9.47 Å². The monoisotopic (exact) mass is 276 g/mol. The van der Waals surface area contributed by atoms with E-state index in [0.717, 1.165) is 0 Å². The van der Waals surface area contributed by atoms with Crippen LogP contribution >= 0.6 is 0 Å². The molecule has 6 nitrogen and oxygen atoms in total. The number of methoxy groups -OCH3 is 1. The molecule has 2 heterocycles. The second-order valence-corrected chi connectivity index (χ2v) is 4.96. The maximum atomic E-state index is 12.6. The highest BCUT2D eigenvalue weighted by atomic mass is 16.5. The second-order valence-electron chi connectivity index (χ2n) is 4.96. The van der Waals surface area contributed by atoms with Gasteiger partial charge < -0.3 is 14.8 Å². The van der Waals surface area contributed by atoms with E-state index in [-0.39, 0.29) is 11.9 Å². The number of carbonyl (C=O) groups excluding carboxylic acids is 2. The van der Waals surface area contributed by atoms with Crippen LogP contribution in [-0.2, 0) is 9.53 Å². The van der Waals surface area contributed by atoms with Gasteiger partial charge in [-0.15, -0.1) is 0 Å². The van der Waals surface area contributed by atoms with E-state index in [1.165, 1.54) is 4.90 Å². The third kappa shape index (κ3) is 1.92. The first kappa shape index (κ1) is 12.9. The van der Waals surface area contributed by atoms with Crippen molar-refractivity contribution in [3.63, 3.8) is 0 Å². The Labute approximate surface area is 116 Å². The van der Waals surface area contributed by atoms with Crippen LogP contribution in [0.5, 0.6) is 5.75 Å². The molecule has 1 spiro atoms. The van der Waals surface area contributed by atoms with Crippen LogP contribution in [0.15, 0.2) is 24.3 Å². The Morgan fingerprint density at radius 3 is 2.45 bits per heavy atom. The number of hydrogen-bond acceptors (Lipinski definition) is 4. The Morgan fingerprint density at radius 1 is 1.20 bits per heavy atom. The fourth-order valence-electron chi connectivity index (χ4n) is 2.64. The van der Waals surface area contributed by atoms with Gasteiger partial charge in [-0.05, 0) is 24.3 Å². The summed E-state index contributed by atoms with van der Waals surface area (Å²) < 4.78 is 10.3. The molecule has 1 aromatic rings. The maximum Gasteiger partial charge on any atom is 0.329 e. The normalized spacial score (nSPS) is 21.1. The fraction of sp³-hybridized carbons (Fsp3) is 0.429. The SMILES string of the molecule is COc1ccc(N2C(=O)NC3(CCOCC3)C2=O)cc1. The summed E-state index contributed by atoms with van der Waals surface area (Å²) in [7, 11) is 1.57. The summed E-state index contributed by atoms with van der Waals surface area (Å²) in [6.45, 7) is 0.977. The molecular weight excluding hydrogens is 260 g/mol. The Kier molecular flexibility index (Phi) is 3.10. The Bertz CT molecular complexity index is 535. The first-order valence-electron chi connectivity index (χ1n) is 6.55. The summed E-state index contributed by atoms with van der Waals surface area (Å²) in [5.74, 6) is 0.484. The van der Waals surface area contributed by atoms with Crippen molar-refractivity contribution in [3.8, 4) is 5.75 Å². The molecule has 3 amide bonds. The lowest BCUT2D eigenvalue weighted by Crippen LogP contribution is -2.51. The number of imide groups is 1. The minimum Gasteiger partial charge on any atom is -0.497 e. The van der Waals surface area contributed by atoms with Gasteiger partial charge >= 0.3 is 6.03 Å². The van der Waals surface area contributed by atoms with Crippen LogP contribution < -0.4 is 15.0 Å². The van der Waals surface area contributed by atoms with E-state index in [1.807, 2.05) is 0 Å². The maximum absolute atomic E-state index is 12.6. The Morgan fingerprint density at radius 2 is 1.85 bits per heavy atom. The predicted octanol–water partition coefficient (Wildman–Crippen LogP) is 1.30. The van der Waals surface area contributed by atoms with Gasteiger partial charge in [0.1, 0.15) is 11.3 Å². The number of anilines is 1. The number of benzene rings is 1. The number of nitrogens with zero attached hydrogens (tertiary/aromatic N) is 1. The van der Waals surface area contributed by atoms with E-state index in [0.29, 0.717) is 37.5 Å². The number of amides is 3. The quantitative estimate of drug-likeness (QED) is 0.827. The highest BCUT2D eigenvalue weighted by Gasteiger charge is 2.52. The lowest BCUT2D eigenvalue weighted by atomic mass is 9.90. The molecule has 2 aliphatic heterocycles. The lowest BCUT2D eigenvalue weighted by molar-refractivity contribution is -0.125. The number of carbonyl (C=O) groups is 2.